The lowest BCUT2D eigenvalue weighted by atomic mass is 9.78. The van der Waals surface area contributed by atoms with Gasteiger partial charge in [-0.3, -0.25) is 0 Å². The van der Waals surface area contributed by atoms with Crippen LogP contribution in [0.25, 0.3) is 6.08 Å². The van der Waals surface area contributed by atoms with Crippen molar-refractivity contribution in [2.45, 2.75) is 38.9 Å². The molecule has 0 aromatic carbocycles. The van der Waals surface area contributed by atoms with Crippen LogP contribution in [0.1, 0.15) is 33.4 Å². The summed E-state index contributed by atoms with van der Waals surface area (Å²) in [6, 6.07) is 0. The minimum atomic E-state index is -0.548. The van der Waals surface area contributed by atoms with Crippen molar-refractivity contribution in [2.24, 2.45) is 0 Å². The second-order valence-electron chi connectivity index (χ2n) is 7.12. The van der Waals surface area contributed by atoms with Gasteiger partial charge >= 0.3 is 7.12 Å². The van der Waals surface area contributed by atoms with Gasteiger partial charge in [-0.25, -0.2) is 4.98 Å². The summed E-state index contributed by atoms with van der Waals surface area (Å²) in [6.07, 6.45) is 1.86. The van der Waals surface area contributed by atoms with E-state index in [9.17, 15) is 5.11 Å². The van der Waals surface area contributed by atoms with Crippen molar-refractivity contribution in [2.75, 3.05) is 37.8 Å². The Morgan fingerprint density at radius 1 is 1.29 bits per heavy atom. The first-order valence-electron chi connectivity index (χ1n) is 8.27. The van der Waals surface area contributed by atoms with E-state index in [2.05, 4.69) is 9.88 Å². The zero-order valence-electron chi connectivity index (χ0n) is 14.7. The van der Waals surface area contributed by atoms with Crippen molar-refractivity contribution < 1.29 is 19.2 Å². The predicted molar refractivity (Wildman–Crippen MR) is 96.3 cm³/mol. The molecule has 132 valence electrons. The molecule has 3 rings (SSSR count). The Balaban J connectivity index is 1.75. The van der Waals surface area contributed by atoms with E-state index in [4.69, 9.17) is 14.0 Å². The topological polar surface area (TPSA) is 64.1 Å². The smallest absolute Gasteiger partial charge is 0.400 e. The highest BCUT2D eigenvalue weighted by molar-refractivity contribution is 7.13. The average Bonchev–Trinajstić information content (AvgIpc) is 3.08. The van der Waals surface area contributed by atoms with E-state index in [1.807, 2.05) is 39.2 Å². The fraction of sp³-hybridized carbons (Fsp3) is 0.688. The van der Waals surface area contributed by atoms with E-state index in [-0.39, 0.29) is 6.61 Å². The summed E-state index contributed by atoms with van der Waals surface area (Å²) in [4.78, 5) is 6.88. The molecule has 2 saturated heterocycles. The highest BCUT2D eigenvalue weighted by Crippen LogP contribution is 2.38. The third-order valence-electron chi connectivity index (χ3n) is 4.86. The first kappa shape index (κ1) is 17.9. The number of aliphatic hydroxyl groups is 1. The van der Waals surface area contributed by atoms with Crippen LogP contribution in [0.2, 0.25) is 0 Å². The van der Waals surface area contributed by atoms with Gasteiger partial charge in [0.2, 0.25) is 0 Å². The van der Waals surface area contributed by atoms with Crippen molar-refractivity contribution in [3.63, 3.8) is 0 Å². The fourth-order valence-electron chi connectivity index (χ4n) is 2.62. The Kier molecular flexibility index (Phi) is 5.04. The summed E-state index contributed by atoms with van der Waals surface area (Å²) in [5, 5.41) is 12.7. The number of aliphatic hydroxyl groups excluding tert-OH is 1. The van der Waals surface area contributed by atoms with E-state index < -0.39 is 18.3 Å². The van der Waals surface area contributed by atoms with Crippen molar-refractivity contribution >= 4 is 29.7 Å². The monoisotopic (exact) mass is 352 g/mol. The molecule has 0 saturated carbocycles. The van der Waals surface area contributed by atoms with Gasteiger partial charge in [0.25, 0.3) is 0 Å². The van der Waals surface area contributed by atoms with Gasteiger partial charge in [0.1, 0.15) is 0 Å². The molecule has 0 atom stereocenters. The SMILES string of the molecule is CC1(C)OB(C(=Cc2csc(N3CCOCC3)n2)CO)OC1(C)C. The molecule has 0 spiro atoms. The van der Waals surface area contributed by atoms with Gasteiger partial charge in [0.15, 0.2) is 5.13 Å². The van der Waals surface area contributed by atoms with E-state index >= 15 is 0 Å². The molecule has 3 heterocycles. The van der Waals surface area contributed by atoms with Gasteiger partial charge in [0.05, 0.1) is 36.7 Å². The van der Waals surface area contributed by atoms with Crippen LogP contribution in [0.15, 0.2) is 10.9 Å². The molecule has 2 aliphatic heterocycles. The quantitative estimate of drug-likeness (QED) is 0.837. The molecule has 1 aromatic heterocycles. The summed E-state index contributed by atoms with van der Waals surface area (Å²) in [5.41, 5.74) is 0.660. The highest BCUT2D eigenvalue weighted by Gasteiger charge is 2.52. The molecule has 8 heteroatoms. The maximum absolute atomic E-state index is 9.76. The van der Waals surface area contributed by atoms with Gasteiger partial charge in [-0.2, -0.15) is 0 Å². The number of morpholine rings is 1. The Morgan fingerprint density at radius 2 is 1.92 bits per heavy atom. The standard InChI is InChI=1S/C16H25BN2O4S/c1-15(2)16(3,4)23-17(22-15)12(10-20)9-13-11-24-14(18-13)19-5-7-21-8-6-19/h9,11,20H,5-8,10H2,1-4H3. The molecule has 0 unspecified atom stereocenters. The summed E-state index contributed by atoms with van der Waals surface area (Å²) >= 11 is 1.60. The van der Waals surface area contributed by atoms with Gasteiger partial charge in [0, 0.05) is 18.5 Å². The number of nitrogens with zero attached hydrogens (tertiary/aromatic N) is 2. The molecule has 24 heavy (non-hydrogen) atoms. The molecule has 1 aromatic rings. The molecular weight excluding hydrogens is 327 g/mol. The average molecular weight is 352 g/mol. The molecule has 2 aliphatic rings. The third kappa shape index (κ3) is 3.53. The van der Waals surface area contributed by atoms with Crippen LogP contribution in [0, 0.1) is 0 Å². The molecule has 6 nitrogen and oxygen atoms in total. The number of aromatic nitrogens is 1. The molecular formula is C16H25BN2O4S. The van der Waals surface area contributed by atoms with E-state index in [0.29, 0.717) is 5.47 Å². The number of hydrogen-bond acceptors (Lipinski definition) is 7. The van der Waals surface area contributed by atoms with Gasteiger partial charge < -0.3 is 24.1 Å². The van der Waals surface area contributed by atoms with Crippen molar-refractivity contribution in [3.05, 3.63) is 16.5 Å². The zero-order valence-corrected chi connectivity index (χ0v) is 15.6. The number of ether oxygens (including phenoxy) is 1. The minimum Gasteiger partial charge on any atom is -0.400 e. The van der Waals surface area contributed by atoms with Crippen LogP contribution >= 0.6 is 11.3 Å². The van der Waals surface area contributed by atoms with Crippen molar-refractivity contribution in [1.29, 1.82) is 0 Å². The lowest BCUT2D eigenvalue weighted by molar-refractivity contribution is 0.00578. The summed E-state index contributed by atoms with van der Waals surface area (Å²) in [5.74, 6) is 0. The molecule has 0 amide bonds. The Labute approximate surface area is 147 Å². The maximum Gasteiger partial charge on any atom is 0.492 e. The minimum absolute atomic E-state index is 0.124. The molecule has 0 aliphatic carbocycles. The van der Waals surface area contributed by atoms with Crippen LogP contribution < -0.4 is 4.90 Å². The van der Waals surface area contributed by atoms with Crippen LogP contribution in [-0.2, 0) is 14.0 Å². The Hall–Kier alpha value is -0.925. The fourth-order valence-corrected chi connectivity index (χ4v) is 3.45. The number of thiazole rings is 1. The lowest BCUT2D eigenvalue weighted by Gasteiger charge is -2.32. The normalized spacial score (nSPS) is 23.8. The maximum atomic E-state index is 9.76. The second kappa shape index (κ2) is 6.76. The van der Waals surface area contributed by atoms with E-state index in [1.165, 1.54) is 0 Å². The van der Waals surface area contributed by atoms with Crippen LogP contribution in [0.4, 0.5) is 5.13 Å². The van der Waals surface area contributed by atoms with Gasteiger partial charge in [-0.05, 0) is 39.2 Å². The lowest BCUT2D eigenvalue weighted by Crippen LogP contribution is -2.41. The van der Waals surface area contributed by atoms with Crippen LogP contribution in [0.5, 0.6) is 0 Å². The highest BCUT2D eigenvalue weighted by atomic mass is 32.1. The molecule has 0 bridgehead atoms. The molecule has 1 N–H and O–H groups in total. The largest absolute Gasteiger partial charge is 0.492 e. The second-order valence-corrected chi connectivity index (χ2v) is 7.96. The van der Waals surface area contributed by atoms with Gasteiger partial charge in [-0.15, -0.1) is 11.3 Å². The number of anilines is 1. The number of hydrogen-bond donors (Lipinski definition) is 1. The van der Waals surface area contributed by atoms with E-state index in [0.717, 1.165) is 37.1 Å². The molecule has 2 fully saturated rings. The number of rotatable bonds is 4. The first-order chi connectivity index (χ1) is 11.3. The predicted octanol–water partition coefficient (Wildman–Crippen LogP) is 1.99. The Morgan fingerprint density at radius 3 is 2.50 bits per heavy atom. The summed E-state index contributed by atoms with van der Waals surface area (Å²) in [6.45, 7) is 11.1. The van der Waals surface area contributed by atoms with Crippen LogP contribution in [-0.4, -0.2) is 61.3 Å². The zero-order chi connectivity index (χ0) is 17.4. The van der Waals surface area contributed by atoms with Crippen molar-refractivity contribution in [3.8, 4) is 0 Å². The van der Waals surface area contributed by atoms with Gasteiger partial charge in [-0.1, -0.05) is 0 Å². The Bertz CT molecular complexity index is 595. The summed E-state index contributed by atoms with van der Waals surface area (Å²) < 4.78 is 17.4. The first-order valence-corrected chi connectivity index (χ1v) is 9.15. The van der Waals surface area contributed by atoms with Crippen molar-refractivity contribution in [1.82, 2.24) is 4.98 Å². The molecule has 0 radical (unpaired) electrons. The van der Waals surface area contributed by atoms with Crippen LogP contribution in [0.3, 0.4) is 0 Å². The summed E-state index contributed by atoms with van der Waals surface area (Å²) in [7, 11) is -0.548. The third-order valence-corrected chi connectivity index (χ3v) is 5.78. The van der Waals surface area contributed by atoms with E-state index in [1.54, 1.807) is 11.3 Å².